The number of thiocarbonyl (C=S) groups is 1. The molecule has 2 rings (SSSR count). The molecule has 136 valence electrons. The highest BCUT2D eigenvalue weighted by atomic mass is 79.9. The minimum absolute atomic E-state index is 0.0157. The fourth-order valence-corrected chi connectivity index (χ4v) is 2.63. The van der Waals surface area contributed by atoms with Crippen molar-refractivity contribution in [2.45, 2.75) is 20.3 Å². The first-order valence-electron chi connectivity index (χ1n) is 8.11. The predicted molar refractivity (Wildman–Crippen MR) is 112 cm³/mol. The summed E-state index contributed by atoms with van der Waals surface area (Å²) >= 11 is 8.49. The van der Waals surface area contributed by atoms with Gasteiger partial charge >= 0.3 is 0 Å². The van der Waals surface area contributed by atoms with Gasteiger partial charge in [0.2, 0.25) is 5.91 Å². The summed E-state index contributed by atoms with van der Waals surface area (Å²) in [5.41, 5.74) is 1.94. The van der Waals surface area contributed by atoms with Crippen LogP contribution in [-0.2, 0) is 4.79 Å². The number of rotatable bonds is 5. The van der Waals surface area contributed by atoms with Crippen molar-refractivity contribution in [2.24, 2.45) is 5.92 Å². The second kappa shape index (κ2) is 9.45. The third-order valence-electron chi connectivity index (χ3n) is 3.35. The lowest BCUT2D eigenvalue weighted by atomic mass is 10.1. The van der Waals surface area contributed by atoms with E-state index >= 15 is 0 Å². The molecule has 0 unspecified atom stereocenters. The smallest absolute Gasteiger partial charge is 0.257 e. The molecule has 0 bridgehead atoms. The molecular weight excluding hydrogens is 414 g/mol. The summed E-state index contributed by atoms with van der Waals surface area (Å²) in [6.45, 7) is 3.99. The van der Waals surface area contributed by atoms with Crippen LogP contribution < -0.4 is 16.0 Å². The van der Waals surface area contributed by atoms with E-state index in [9.17, 15) is 9.59 Å². The van der Waals surface area contributed by atoms with Crippen molar-refractivity contribution in [3.63, 3.8) is 0 Å². The minimum Gasteiger partial charge on any atom is -0.332 e. The van der Waals surface area contributed by atoms with Crippen LogP contribution in [-0.4, -0.2) is 16.9 Å². The first-order chi connectivity index (χ1) is 12.3. The number of nitrogens with one attached hydrogen (secondary N) is 3. The molecule has 0 fully saturated rings. The largest absolute Gasteiger partial charge is 0.332 e. The first kappa shape index (κ1) is 20.1. The molecule has 0 aromatic heterocycles. The van der Waals surface area contributed by atoms with E-state index in [0.717, 1.165) is 4.47 Å². The van der Waals surface area contributed by atoms with Gasteiger partial charge in [-0.25, -0.2) is 0 Å². The van der Waals surface area contributed by atoms with Crippen molar-refractivity contribution in [1.29, 1.82) is 0 Å². The third kappa shape index (κ3) is 6.57. The Hall–Kier alpha value is -2.25. The predicted octanol–water partition coefficient (Wildman–Crippen LogP) is 4.56. The van der Waals surface area contributed by atoms with Crippen molar-refractivity contribution in [3.05, 3.63) is 58.6 Å². The maximum atomic E-state index is 12.1. The average Bonchev–Trinajstić information content (AvgIpc) is 2.56. The fourth-order valence-electron chi connectivity index (χ4n) is 2.16. The van der Waals surface area contributed by atoms with Crippen molar-refractivity contribution in [1.82, 2.24) is 5.32 Å². The molecule has 0 heterocycles. The molecule has 26 heavy (non-hydrogen) atoms. The number of anilines is 2. The highest BCUT2D eigenvalue weighted by Crippen LogP contribution is 2.15. The van der Waals surface area contributed by atoms with Gasteiger partial charge in [-0.3, -0.25) is 14.9 Å². The normalized spacial score (nSPS) is 10.3. The molecule has 0 aliphatic heterocycles. The monoisotopic (exact) mass is 433 g/mol. The van der Waals surface area contributed by atoms with Crippen LogP contribution in [0.1, 0.15) is 30.6 Å². The zero-order chi connectivity index (χ0) is 19.1. The van der Waals surface area contributed by atoms with Gasteiger partial charge in [0.1, 0.15) is 0 Å². The Morgan fingerprint density at radius 3 is 2.04 bits per heavy atom. The fraction of sp³-hybridized carbons (Fsp3) is 0.211. The van der Waals surface area contributed by atoms with Crippen LogP contribution in [0.2, 0.25) is 0 Å². The molecule has 3 N–H and O–H groups in total. The summed E-state index contributed by atoms with van der Waals surface area (Å²) in [6, 6.07) is 14.1. The van der Waals surface area contributed by atoms with Gasteiger partial charge in [0, 0.05) is 27.8 Å². The number of hydrogen-bond acceptors (Lipinski definition) is 3. The minimum atomic E-state index is -0.285. The van der Waals surface area contributed by atoms with E-state index in [1.54, 1.807) is 48.5 Å². The lowest BCUT2D eigenvalue weighted by molar-refractivity contribution is -0.116. The van der Waals surface area contributed by atoms with E-state index in [0.29, 0.717) is 29.3 Å². The van der Waals surface area contributed by atoms with Crippen LogP contribution in [0.15, 0.2) is 53.0 Å². The molecule has 2 amide bonds. The SMILES string of the molecule is CC(C)CC(=O)Nc1ccc(NC(=S)NC(=O)c2ccc(Br)cc2)cc1. The molecule has 2 aromatic rings. The zero-order valence-corrected chi connectivity index (χ0v) is 16.9. The number of benzene rings is 2. The number of carbonyl (C=O) groups is 2. The molecule has 0 aliphatic carbocycles. The molecule has 0 aliphatic rings. The summed E-state index contributed by atoms with van der Waals surface area (Å²) in [7, 11) is 0. The molecule has 5 nitrogen and oxygen atoms in total. The summed E-state index contributed by atoms with van der Waals surface area (Å²) in [5.74, 6) is 0.00760. The van der Waals surface area contributed by atoms with Gasteiger partial charge in [0.25, 0.3) is 5.91 Å². The number of amides is 2. The van der Waals surface area contributed by atoms with E-state index in [-0.39, 0.29) is 16.9 Å². The van der Waals surface area contributed by atoms with Crippen LogP contribution in [0.4, 0.5) is 11.4 Å². The van der Waals surface area contributed by atoms with Gasteiger partial charge in [0.05, 0.1) is 0 Å². The maximum absolute atomic E-state index is 12.1. The van der Waals surface area contributed by atoms with E-state index in [2.05, 4.69) is 31.9 Å². The van der Waals surface area contributed by atoms with Crippen LogP contribution in [0, 0.1) is 5.92 Å². The summed E-state index contributed by atoms with van der Waals surface area (Å²) in [4.78, 5) is 23.9. The maximum Gasteiger partial charge on any atom is 0.257 e. The Morgan fingerprint density at radius 2 is 1.50 bits per heavy atom. The molecule has 0 saturated carbocycles. The van der Waals surface area contributed by atoms with E-state index < -0.39 is 0 Å². The average molecular weight is 434 g/mol. The number of hydrogen-bond donors (Lipinski definition) is 3. The molecule has 0 radical (unpaired) electrons. The zero-order valence-electron chi connectivity index (χ0n) is 14.5. The quantitative estimate of drug-likeness (QED) is 0.604. The van der Waals surface area contributed by atoms with E-state index in [4.69, 9.17) is 12.2 Å². The number of halogens is 1. The highest BCUT2D eigenvalue weighted by Gasteiger charge is 2.08. The van der Waals surface area contributed by atoms with Crippen LogP contribution in [0.25, 0.3) is 0 Å². The Balaban J connectivity index is 1.87. The van der Waals surface area contributed by atoms with E-state index in [1.807, 2.05) is 13.8 Å². The third-order valence-corrected chi connectivity index (χ3v) is 4.09. The van der Waals surface area contributed by atoms with Gasteiger partial charge < -0.3 is 10.6 Å². The Morgan fingerprint density at radius 1 is 0.962 bits per heavy atom. The van der Waals surface area contributed by atoms with Crippen LogP contribution in [0.5, 0.6) is 0 Å². The van der Waals surface area contributed by atoms with Crippen molar-refractivity contribution in [3.8, 4) is 0 Å². The Kier molecular flexibility index (Phi) is 7.29. The van der Waals surface area contributed by atoms with Gasteiger partial charge in [-0.2, -0.15) is 0 Å². The molecule has 2 aromatic carbocycles. The van der Waals surface area contributed by atoms with Crippen molar-refractivity contribution < 1.29 is 9.59 Å². The van der Waals surface area contributed by atoms with Gasteiger partial charge in [-0.05, 0) is 66.7 Å². The summed E-state index contributed by atoms with van der Waals surface area (Å²) < 4.78 is 0.898. The lowest BCUT2D eigenvalue weighted by Gasteiger charge is -2.11. The summed E-state index contributed by atoms with van der Waals surface area (Å²) in [6.07, 6.45) is 0.478. The van der Waals surface area contributed by atoms with Crippen LogP contribution >= 0.6 is 28.1 Å². The first-order valence-corrected chi connectivity index (χ1v) is 9.31. The highest BCUT2D eigenvalue weighted by molar-refractivity contribution is 9.10. The Bertz CT molecular complexity index is 789. The van der Waals surface area contributed by atoms with Gasteiger partial charge in [-0.1, -0.05) is 29.8 Å². The van der Waals surface area contributed by atoms with Gasteiger partial charge in [-0.15, -0.1) is 0 Å². The molecule has 0 saturated heterocycles. The van der Waals surface area contributed by atoms with Crippen molar-refractivity contribution in [2.75, 3.05) is 10.6 Å². The van der Waals surface area contributed by atoms with Gasteiger partial charge in [0.15, 0.2) is 5.11 Å². The van der Waals surface area contributed by atoms with Crippen LogP contribution in [0.3, 0.4) is 0 Å². The molecular formula is C19H20BrN3O2S. The number of carbonyl (C=O) groups excluding carboxylic acids is 2. The standard InChI is InChI=1S/C19H20BrN3O2S/c1-12(2)11-17(24)21-15-7-9-16(10-8-15)22-19(26)23-18(25)13-3-5-14(20)6-4-13/h3-10,12H,11H2,1-2H3,(H,21,24)(H2,22,23,25,26). The Labute approximate surface area is 166 Å². The molecule has 7 heteroatoms. The van der Waals surface area contributed by atoms with E-state index in [1.165, 1.54) is 0 Å². The lowest BCUT2D eigenvalue weighted by Crippen LogP contribution is -2.34. The van der Waals surface area contributed by atoms with Crippen molar-refractivity contribution >= 4 is 56.4 Å². The molecule has 0 atom stereocenters. The second-order valence-corrected chi connectivity index (χ2v) is 7.46. The summed E-state index contributed by atoms with van der Waals surface area (Å²) in [5, 5.41) is 8.62. The second-order valence-electron chi connectivity index (χ2n) is 6.14. The molecule has 0 spiro atoms. The topological polar surface area (TPSA) is 70.2 Å².